The van der Waals surface area contributed by atoms with Gasteiger partial charge in [-0.3, -0.25) is 0 Å². The minimum atomic E-state index is -0.508. The Labute approximate surface area is 118 Å². The third-order valence-electron chi connectivity index (χ3n) is 4.23. The van der Waals surface area contributed by atoms with Gasteiger partial charge in [0.15, 0.2) is 5.58 Å². The average molecular weight is 279 g/mol. The zero-order valence-electron chi connectivity index (χ0n) is 11.1. The van der Waals surface area contributed by atoms with Crippen LogP contribution < -0.4 is 0 Å². The van der Waals surface area contributed by atoms with E-state index in [1.807, 2.05) is 24.3 Å². The number of para-hydroxylation sites is 1. The second-order valence-corrected chi connectivity index (χ2v) is 6.19. The first-order valence-corrected chi connectivity index (χ1v) is 7.39. The van der Waals surface area contributed by atoms with Crippen LogP contribution in [0, 0.1) is 11.8 Å². The monoisotopic (exact) mass is 278 g/mol. The lowest BCUT2D eigenvalue weighted by molar-refractivity contribution is 0.0551. The molecule has 0 aliphatic heterocycles. The van der Waals surface area contributed by atoms with Gasteiger partial charge < -0.3 is 9.52 Å². The van der Waals surface area contributed by atoms with Gasteiger partial charge in [0.1, 0.15) is 11.9 Å². The highest BCUT2D eigenvalue weighted by Gasteiger charge is 2.28. The lowest BCUT2D eigenvalue weighted by atomic mass is 9.79. The van der Waals surface area contributed by atoms with Crippen LogP contribution in [0.2, 0.25) is 5.02 Å². The van der Waals surface area contributed by atoms with Crippen molar-refractivity contribution in [2.24, 2.45) is 11.8 Å². The maximum atomic E-state index is 10.5. The van der Waals surface area contributed by atoms with Crippen molar-refractivity contribution in [3.05, 3.63) is 35.0 Å². The number of benzene rings is 1. The maximum absolute atomic E-state index is 10.5. The average Bonchev–Trinajstić information content (AvgIpc) is 2.83. The van der Waals surface area contributed by atoms with Crippen molar-refractivity contribution in [2.75, 3.05) is 0 Å². The Morgan fingerprint density at radius 3 is 2.95 bits per heavy atom. The first kappa shape index (κ1) is 13.0. The fourth-order valence-electron chi connectivity index (χ4n) is 3.19. The Morgan fingerprint density at radius 1 is 1.37 bits per heavy atom. The molecule has 1 saturated carbocycles. The minimum Gasteiger partial charge on any atom is -0.457 e. The topological polar surface area (TPSA) is 33.4 Å². The van der Waals surface area contributed by atoms with E-state index in [0.29, 0.717) is 28.2 Å². The fraction of sp³-hybridized carbons (Fsp3) is 0.500. The Kier molecular flexibility index (Phi) is 3.55. The van der Waals surface area contributed by atoms with Crippen LogP contribution in [-0.2, 0) is 0 Å². The molecule has 3 atom stereocenters. The number of fused-ring (bicyclic) bond motifs is 1. The van der Waals surface area contributed by atoms with Gasteiger partial charge >= 0.3 is 0 Å². The van der Waals surface area contributed by atoms with Crippen molar-refractivity contribution in [3.8, 4) is 0 Å². The highest BCUT2D eigenvalue weighted by Crippen LogP contribution is 2.39. The van der Waals surface area contributed by atoms with E-state index in [1.165, 1.54) is 12.8 Å². The van der Waals surface area contributed by atoms with Gasteiger partial charge in [-0.1, -0.05) is 43.5 Å². The molecule has 1 heterocycles. The molecule has 3 rings (SSSR count). The number of hydrogen-bond acceptors (Lipinski definition) is 2. The lowest BCUT2D eigenvalue weighted by Gasteiger charge is -2.29. The van der Waals surface area contributed by atoms with E-state index in [2.05, 4.69) is 6.92 Å². The summed E-state index contributed by atoms with van der Waals surface area (Å²) in [6.07, 6.45) is 4.12. The van der Waals surface area contributed by atoms with E-state index in [9.17, 15) is 5.11 Å². The molecule has 102 valence electrons. The van der Waals surface area contributed by atoms with E-state index in [1.54, 1.807) is 0 Å². The van der Waals surface area contributed by atoms with Crippen LogP contribution in [0.15, 0.2) is 28.7 Å². The summed E-state index contributed by atoms with van der Waals surface area (Å²) in [6.45, 7) is 2.26. The number of hydrogen-bond donors (Lipinski definition) is 1. The van der Waals surface area contributed by atoms with Crippen LogP contribution in [-0.4, -0.2) is 5.11 Å². The van der Waals surface area contributed by atoms with Crippen LogP contribution in [0.3, 0.4) is 0 Å². The van der Waals surface area contributed by atoms with E-state index < -0.39 is 6.10 Å². The maximum Gasteiger partial charge on any atom is 0.152 e. The summed E-state index contributed by atoms with van der Waals surface area (Å²) in [5.41, 5.74) is 0.682. The zero-order valence-corrected chi connectivity index (χ0v) is 11.9. The molecule has 0 radical (unpaired) electrons. The van der Waals surface area contributed by atoms with Crippen molar-refractivity contribution in [1.29, 1.82) is 0 Å². The first-order valence-electron chi connectivity index (χ1n) is 7.01. The molecule has 3 unspecified atom stereocenters. The number of furan rings is 1. The molecule has 1 N–H and O–H groups in total. The van der Waals surface area contributed by atoms with Crippen molar-refractivity contribution >= 4 is 22.6 Å². The molecule has 1 fully saturated rings. The molecule has 1 aromatic heterocycles. The normalized spacial score (nSPS) is 25.6. The van der Waals surface area contributed by atoms with Gasteiger partial charge in [0.05, 0.1) is 5.02 Å². The molecule has 2 aromatic rings. The Bertz CT molecular complexity index is 575. The summed E-state index contributed by atoms with van der Waals surface area (Å²) < 4.78 is 5.77. The van der Waals surface area contributed by atoms with Crippen LogP contribution in [0.5, 0.6) is 0 Å². The number of rotatable bonds is 2. The third kappa shape index (κ3) is 2.52. The zero-order chi connectivity index (χ0) is 13.4. The summed E-state index contributed by atoms with van der Waals surface area (Å²) in [4.78, 5) is 0. The van der Waals surface area contributed by atoms with E-state index >= 15 is 0 Å². The molecular weight excluding hydrogens is 260 g/mol. The van der Waals surface area contributed by atoms with E-state index in [4.69, 9.17) is 16.0 Å². The highest BCUT2D eigenvalue weighted by molar-refractivity contribution is 6.34. The Morgan fingerprint density at radius 2 is 2.21 bits per heavy atom. The second-order valence-electron chi connectivity index (χ2n) is 5.78. The number of aliphatic hydroxyl groups is 1. The molecule has 2 nitrogen and oxygen atoms in total. The number of aliphatic hydroxyl groups excluding tert-OH is 1. The predicted molar refractivity (Wildman–Crippen MR) is 77.3 cm³/mol. The van der Waals surface area contributed by atoms with Gasteiger partial charge in [-0.25, -0.2) is 0 Å². The summed E-state index contributed by atoms with van der Waals surface area (Å²) in [5, 5.41) is 12.1. The summed E-state index contributed by atoms with van der Waals surface area (Å²) in [6, 6.07) is 7.60. The number of halogens is 1. The molecule has 19 heavy (non-hydrogen) atoms. The highest BCUT2D eigenvalue weighted by atomic mass is 35.5. The third-order valence-corrected chi connectivity index (χ3v) is 4.53. The smallest absolute Gasteiger partial charge is 0.152 e. The van der Waals surface area contributed by atoms with Gasteiger partial charge in [-0.05, 0) is 36.8 Å². The second kappa shape index (κ2) is 5.18. The van der Waals surface area contributed by atoms with Crippen LogP contribution in [0.4, 0.5) is 0 Å². The molecular formula is C16H19ClO2. The quantitative estimate of drug-likeness (QED) is 0.843. The van der Waals surface area contributed by atoms with Crippen molar-refractivity contribution in [2.45, 2.75) is 38.7 Å². The first-order chi connectivity index (χ1) is 9.15. The minimum absolute atomic E-state index is 0.308. The molecule has 1 aliphatic rings. The molecule has 1 aromatic carbocycles. The SMILES string of the molecule is CC1CCCC(C(O)c2cc3cccc(Cl)c3o2)C1. The Balaban J connectivity index is 1.88. The lowest BCUT2D eigenvalue weighted by Crippen LogP contribution is -2.19. The van der Waals surface area contributed by atoms with Crippen LogP contribution in [0.25, 0.3) is 11.0 Å². The fourth-order valence-corrected chi connectivity index (χ4v) is 3.41. The van der Waals surface area contributed by atoms with Gasteiger partial charge in [0, 0.05) is 5.39 Å². The van der Waals surface area contributed by atoms with E-state index in [-0.39, 0.29) is 0 Å². The van der Waals surface area contributed by atoms with Crippen molar-refractivity contribution in [3.63, 3.8) is 0 Å². The van der Waals surface area contributed by atoms with Gasteiger partial charge in [-0.2, -0.15) is 0 Å². The summed E-state index contributed by atoms with van der Waals surface area (Å²) >= 11 is 6.11. The molecule has 0 amide bonds. The Hall–Kier alpha value is -0.990. The molecule has 0 saturated heterocycles. The van der Waals surface area contributed by atoms with Crippen molar-refractivity contribution < 1.29 is 9.52 Å². The van der Waals surface area contributed by atoms with Crippen LogP contribution >= 0.6 is 11.6 Å². The van der Waals surface area contributed by atoms with Gasteiger partial charge in [0.2, 0.25) is 0 Å². The predicted octanol–water partition coefficient (Wildman–Crippen LogP) is 4.95. The largest absolute Gasteiger partial charge is 0.457 e. The summed E-state index contributed by atoms with van der Waals surface area (Å²) in [5.74, 6) is 1.66. The van der Waals surface area contributed by atoms with Gasteiger partial charge in [-0.15, -0.1) is 0 Å². The van der Waals surface area contributed by atoms with Crippen LogP contribution in [0.1, 0.15) is 44.5 Å². The molecule has 0 spiro atoms. The summed E-state index contributed by atoms with van der Waals surface area (Å²) in [7, 11) is 0. The molecule has 0 bridgehead atoms. The van der Waals surface area contributed by atoms with Crippen molar-refractivity contribution in [1.82, 2.24) is 0 Å². The molecule has 3 heteroatoms. The molecule has 1 aliphatic carbocycles. The van der Waals surface area contributed by atoms with E-state index in [0.717, 1.165) is 18.2 Å². The standard InChI is InChI=1S/C16H19ClO2/c1-10-4-2-5-11(8-10)15(18)14-9-12-6-3-7-13(17)16(12)19-14/h3,6-7,9-11,15,18H,2,4-5,8H2,1H3. The van der Waals surface area contributed by atoms with Gasteiger partial charge in [0.25, 0.3) is 0 Å².